The Morgan fingerprint density at radius 2 is 2.05 bits per heavy atom. The van der Waals surface area contributed by atoms with Crippen LogP contribution in [0, 0.1) is 12.8 Å². The quantitative estimate of drug-likeness (QED) is 0.832. The van der Waals surface area contributed by atoms with Crippen LogP contribution in [0.15, 0.2) is 18.2 Å². The number of anilines is 1. The molecular weight excluding hydrogens is 270 g/mol. The minimum Gasteiger partial charge on any atom is -0.389 e. The Hall–Kier alpha value is -1.62. The van der Waals surface area contributed by atoms with Gasteiger partial charge in [-0.15, -0.1) is 0 Å². The Morgan fingerprint density at radius 1 is 1.35 bits per heavy atom. The van der Waals surface area contributed by atoms with Crippen molar-refractivity contribution < 1.29 is 4.79 Å². The number of primary amides is 1. The van der Waals surface area contributed by atoms with E-state index in [-0.39, 0.29) is 11.8 Å². The predicted molar refractivity (Wildman–Crippen MR) is 85.8 cm³/mol. The number of hydrogen-bond donors (Lipinski definition) is 2. The average molecular weight is 291 g/mol. The van der Waals surface area contributed by atoms with Crippen LogP contribution >= 0.6 is 12.2 Å². The third kappa shape index (κ3) is 2.93. The van der Waals surface area contributed by atoms with E-state index in [9.17, 15) is 4.79 Å². The molecule has 1 amide bonds. The van der Waals surface area contributed by atoms with Crippen LogP contribution in [-0.2, 0) is 4.79 Å². The molecule has 5 heteroatoms. The molecule has 0 spiro atoms. The molecule has 2 unspecified atom stereocenters. The number of piperidine rings is 1. The number of benzene rings is 1. The molecule has 1 aliphatic rings. The summed E-state index contributed by atoms with van der Waals surface area (Å²) >= 11 is 5.03. The Labute approximate surface area is 125 Å². The largest absolute Gasteiger partial charge is 0.389 e. The van der Waals surface area contributed by atoms with E-state index >= 15 is 0 Å². The van der Waals surface area contributed by atoms with Crippen LogP contribution in [0.4, 0.5) is 5.69 Å². The van der Waals surface area contributed by atoms with Gasteiger partial charge >= 0.3 is 0 Å². The SMILES string of the molecule is Cc1cc(N2CC(C(N)=O)CCC2C)ccc1C(N)=S. The number of rotatable bonds is 3. The maximum Gasteiger partial charge on any atom is 0.222 e. The fourth-order valence-electron chi connectivity index (χ4n) is 2.80. The molecule has 1 saturated heterocycles. The topological polar surface area (TPSA) is 72.3 Å². The third-order valence-corrected chi connectivity index (χ3v) is 4.31. The number of nitrogens with two attached hydrogens (primary N) is 2. The van der Waals surface area contributed by atoms with Crippen molar-refractivity contribution in [3.63, 3.8) is 0 Å². The smallest absolute Gasteiger partial charge is 0.222 e. The lowest BCUT2D eigenvalue weighted by Crippen LogP contribution is -2.45. The van der Waals surface area contributed by atoms with E-state index in [0.29, 0.717) is 17.6 Å². The van der Waals surface area contributed by atoms with E-state index in [1.807, 2.05) is 19.1 Å². The van der Waals surface area contributed by atoms with Crippen molar-refractivity contribution >= 4 is 28.8 Å². The zero-order chi connectivity index (χ0) is 14.9. The van der Waals surface area contributed by atoms with Gasteiger partial charge in [0.05, 0.1) is 5.92 Å². The zero-order valence-electron chi connectivity index (χ0n) is 11.9. The van der Waals surface area contributed by atoms with Gasteiger partial charge in [0.15, 0.2) is 0 Å². The highest BCUT2D eigenvalue weighted by Crippen LogP contribution is 2.29. The molecule has 2 atom stereocenters. The molecule has 1 aromatic carbocycles. The summed E-state index contributed by atoms with van der Waals surface area (Å²) in [7, 11) is 0. The van der Waals surface area contributed by atoms with Gasteiger partial charge in [-0.25, -0.2) is 0 Å². The second-order valence-electron chi connectivity index (χ2n) is 5.54. The molecule has 1 aromatic rings. The number of hydrogen-bond acceptors (Lipinski definition) is 3. The van der Waals surface area contributed by atoms with Gasteiger partial charge in [0.2, 0.25) is 5.91 Å². The molecule has 108 valence electrons. The summed E-state index contributed by atoms with van der Waals surface area (Å²) in [5, 5.41) is 0. The fraction of sp³-hybridized carbons (Fsp3) is 0.467. The molecule has 4 N–H and O–H groups in total. The fourth-order valence-corrected chi connectivity index (χ4v) is 3.03. The summed E-state index contributed by atoms with van der Waals surface area (Å²) in [6, 6.07) is 6.45. The monoisotopic (exact) mass is 291 g/mol. The molecule has 0 saturated carbocycles. The van der Waals surface area contributed by atoms with Gasteiger partial charge in [0.25, 0.3) is 0 Å². The van der Waals surface area contributed by atoms with Crippen LogP contribution in [0.2, 0.25) is 0 Å². The number of carbonyl (C=O) groups excluding carboxylic acids is 1. The third-order valence-electron chi connectivity index (χ3n) is 4.09. The first-order chi connectivity index (χ1) is 9.40. The molecule has 1 aliphatic heterocycles. The summed E-state index contributed by atoms with van der Waals surface area (Å²) in [5.41, 5.74) is 14.2. The molecule has 0 aromatic heterocycles. The highest BCUT2D eigenvalue weighted by Gasteiger charge is 2.28. The zero-order valence-corrected chi connectivity index (χ0v) is 12.7. The van der Waals surface area contributed by atoms with E-state index in [4.69, 9.17) is 23.7 Å². The van der Waals surface area contributed by atoms with Crippen LogP contribution < -0.4 is 16.4 Å². The molecule has 4 nitrogen and oxygen atoms in total. The van der Waals surface area contributed by atoms with Gasteiger partial charge in [-0.1, -0.05) is 12.2 Å². The van der Waals surface area contributed by atoms with Gasteiger partial charge in [0.1, 0.15) is 4.99 Å². The van der Waals surface area contributed by atoms with Crippen molar-refractivity contribution in [2.45, 2.75) is 32.7 Å². The van der Waals surface area contributed by atoms with E-state index in [2.05, 4.69) is 17.9 Å². The van der Waals surface area contributed by atoms with Crippen molar-refractivity contribution in [2.24, 2.45) is 17.4 Å². The average Bonchev–Trinajstić information content (AvgIpc) is 2.38. The van der Waals surface area contributed by atoms with Crippen LogP contribution in [0.25, 0.3) is 0 Å². The molecular formula is C15H21N3OS. The maximum atomic E-state index is 11.4. The molecule has 1 fully saturated rings. The summed E-state index contributed by atoms with van der Waals surface area (Å²) in [5.74, 6) is -0.278. The minimum absolute atomic E-state index is 0.0678. The molecule has 0 aliphatic carbocycles. The predicted octanol–water partition coefficient (Wildman–Crippen LogP) is 1.72. The Balaban J connectivity index is 2.27. The van der Waals surface area contributed by atoms with Gasteiger partial charge < -0.3 is 16.4 Å². The van der Waals surface area contributed by atoms with Crippen LogP contribution in [0.3, 0.4) is 0 Å². The Morgan fingerprint density at radius 3 is 2.60 bits per heavy atom. The molecule has 1 heterocycles. The van der Waals surface area contributed by atoms with Crippen LogP contribution in [0.5, 0.6) is 0 Å². The highest BCUT2D eigenvalue weighted by molar-refractivity contribution is 7.80. The summed E-state index contributed by atoms with van der Waals surface area (Å²) < 4.78 is 0. The van der Waals surface area contributed by atoms with E-state index < -0.39 is 0 Å². The summed E-state index contributed by atoms with van der Waals surface area (Å²) in [4.78, 5) is 14.1. The summed E-state index contributed by atoms with van der Waals surface area (Å²) in [6.07, 6.45) is 1.85. The van der Waals surface area contributed by atoms with Crippen molar-refractivity contribution in [3.05, 3.63) is 29.3 Å². The number of amides is 1. The maximum absolute atomic E-state index is 11.4. The number of thiocarbonyl (C=S) groups is 1. The van der Waals surface area contributed by atoms with E-state index in [1.165, 1.54) is 0 Å². The van der Waals surface area contributed by atoms with Gasteiger partial charge in [0, 0.05) is 23.8 Å². The van der Waals surface area contributed by atoms with Crippen molar-refractivity contribution in [1.82, 2.24) is 0 Å². The van der Waals surface area contributed by atoms with E-state index in [0.717, 1.165) is 29.7 Å². The first-order valence-corrected chi connectivity index (χ1v) is 7.27. The lowest BCUT2D eigenvalue weighted by atomic mass is 9.92. The first kappa shape index (κ1) is 14.8. The molecule has 0 bridgehead atoms. The standard InChI is InChI=1S/C15H21N3OS/c1-9-7-12(5-6-13(9)15(17)20)18-8-11(14(16)19)4-3-10(18)2/h5-7,10-11H,3-4,8H2,1-2H3,(H2,16,19)(H2,17,20). The molecule has 0 radical (unpaired) electrons. The number of aryl methyl sites for hydroxylation is 1. The molecule has 2 rings (SSSR count). The number of carbonyl (C=O) groups is 1. The van der Waals surface area contributed by atoms with Crippen molar-refractivity contribution in [1.29, 1.82) is 0 Å². The number of nitrogens with zero attached hydrogens (tertiary/aromatic N) is 1. The first-order valence-electron chi connectivity index (χ1n) is 6.86. The van der Waals surface area contributed by atoms with Gasteiger partial charge in [-0.2, -0.15) is 0 Å². The van der Waals surface area contributed by atoms with Crippen molar-refractivity contribution in [2.75, 3.05) is 11.4 Å². The minimum atomic E-state index is -0.210. The highest BCUT2D eigenvalue weighted by atomic mass is 32.1. The van der Waals surface area contributed by atoms with Gasteiger partial charge in [-0.05, 0) is 50.5 Å². The molecule has 20 heavy (non-hydrogen) atoms. The second-order valence-corrected chi connectivity index (χ2v) is 5.98. The van der Waals surface area contributed by atoms with Gasteiger partial charge in [-0.3, -0.25) is 4.79 Å². The Kier molecular flexibility index (Phi) is 4.28. The Bertz CT molecular complexity index is 544. The van der Waals surface area contributed by atoms with Crippen molar-refractivity contribution in [3.8, 4) is 0 Å². The second kappa shape index (κ2) is 5.79. The lowest BCUT2D eigenvalue weighted by molar-refractivity contribution is -0.122. The van der Waals surface area contributed by atoms with Crippen LogP contribution in [0.1, 0.15) is 30.9 Å². The summed E-state index contributed by atoms with van der Waals surface area (Å²) in [6.45, 7) is 4.86. The van der Waals surface area contributed by atoms with Crippen LogP contribution in [-0.4, -0.2) is 23.5 Å². The van der Waals surface area contributed by atoms with E-state index in [1.54, 1.807) is 0 Å². The normalized spacial score (nSPS) is 22.6. The lowest BCUT2D eigenvalue weighted by Gasteiger charge is -2.39.